The summed E-state index contributed by atoms with van der Waals surface area (Å²) in [5.41, 5.74) is 2.55. The maximum absolute atomic E-state index is 13.6. The number of oxime groups is 1. The van der Waals surface area contributed by atoms with E-state index in [1.165, 1.54) is 12.1 Å². The maximum atomic E-state index is 13.6. The molecule has 3 aliphatic rings. The minimum Gasteiger partial charge on any atom is -0.493 e. The number of amidine groups is 1. The molecule has 5 rings (SSSR count). The lowest BCUT2D eigenvalue weighted by atomic mass is 9.88. The molecule has 1 spiro atoms. The van der Waals surface area contributed by atoms with Gasteiger partial charge in [-0.15, -0.1) is 0 Å². The van der Waals surface area contributed by atoms with Gasteiger partial charge in [-0.05, 0) is 81.3 Å². The van der Waals surface area contributed by atoms with E-state index in [2.05, 4.69) is 27.1 Å². The molecule has 0 atom stereocenters. The van der Waals surface area contributed by atoms with E-state index in [-0.39, 0.29) is 17.4 Å². The van der Waals surface area contributed by atoms with Crippen LogP contribution in [0, 0.1) is 11.7 Å². The van der Waals surface area contributed by atoms with Crippen LogP contribution < -0.4 is 9.47 Å². The second kappa shape index (κ2) is 13.1. The predicted molar refractivity (Wildman–Crippen MR) is 155 cm³/mol. The fourth-order valence-electron chi connectivity index (χ4n) is 6.19. The van der Waals surface area contributed by atoms with Gasteiger partial charge in [-0.2, -0.15) is 0 Å². The van der Waals surface area contributed by atoms with E-state index in [9.17, 15) is 9.18 Å². The van der Waals surface area contributed by atoms with Crippen LogP contribution in [0.1, 0.15) is 58.4 Å². The van der Waals surface area contributed by atoms with Gasteiger partial charge in [0.1, 0.15) is 23.2 Å². The molecule has 2 saturated heterocycles. The summed E-state index contributed by atoms with van der Waals surface area (Å²) in [5, 5.41) is 4.50. The van der Waals surface area contributed by atoms with Gasteiger partial charge in [0.05, 0.1) is 31.8 Å². The summed E-state index contributed by atoms with van der Waals surface area (Å²) in [5.74, 6) is 2.72. The van der Waals surface area contributed by atoms with E-state index < -0.39 is 0 Å². The Labute approximate surface area is 242 Å². The molecule has 2 fully saturated rings. The summed E-state index contributed by atoms with van der Waals surface area (Å²) in [6, 6.07) is 10.6. The van der Waals surface area contributed by atoms with Crippen molar-refractivity contribution in [1.82, 2.24) is 9.80 Å². The van der Waals surface area contributed by atoms with E-state index in [1.807, 2.05) is 20.8 Å². The Kier molecular flexibility index (Phi) is 9.32. The molecule has 0 radical (unpaired) electrons. The van der Waals surface area contributed by atoms with Gasteiger partial charge in [-0.3, -0.25) is 9.69 Å². The molecule has 0 bridgehead atoms. The number of hydrogen-bond donors (Lipinski definition) is 0. The first-order valence-corrected chi connectivity index (χ1v) is 15.0. The number of nitrogens with zero attached hydrogens (tertiary/aromatic N) is 3. The van der Waals surface area contributed by atoms with E-state index in [0.717, 1.165) is 92.4 Å². The molecule has 3 aliphatic heterocycles. The summed E-state index contributed by atoms with van der Waals surface area (Å²) in [4.78, 5) is 22.4. The smallest absolute Gasteiger partial charge is 0.305 e. The van der Waals surface area contributed by atoms with E-state index in [0.29, 0.717) is 32.2 Å². The first-order valence-electron chi connectivity index (χ1n) is 15.0. The third kappa shape index (κ3) is 6.94. The first-order chi connectivity index (χ1) is 19.9. The fourth-order valence-corrected chi connectivity index (χ4v) is 6.19. The van der Waals surface area contributed by atoms with Gasteiger partial charge >= 0.3 is 5.97 Å². The van der Waals surface area contributed by atoms with E-state index >= 15 is 0 Å². The molecule has 41 heavy (non-hydrogen) atoms. The van der Waals surface area contributed by atoms with Crippen LogP contribution in [0.3, 0.4) is 0 Å². The van der Waals surface area contributed by atoms with Crippen molar-refractivity contribution in [2.75, 3.05) is 46.0 Å². The Morgan fingerprint density at radius 3 is 2.29 bits per heavy atom. The van der Waals surface area contributed by atoms with Crippen molar-refractivity contribution in [3.63, 3.8) is 0 Å². The van der Waals surface area contributed by atoms with Gasteiger partial charge in [0.25, 0.3) is 0 Å². The number of likely N-dealkylation sites (tertiary alicyclic amines) is 2. The van der Waals surface area contributed by atoms with Gasteiger partial charge in [0.2, 0.25) is 0 Å². The Morgan fingerprint density at radius 1 is 1.02 bits per heavy atom. The lowest BCUT2D eigenvalue weighted by Gasteiger charge is -2.45. The molecule has 0 aromatic heterocycles. The van der Waals surface area contributed by atoms with Crippen LogP contribution >= 0.6 is 0 Å². The van der Waals surface area contributed by atoms with Crippen molar-refractivity contribution in [2.24, 2.45) is 11.1 Å². The van der Waals surface area contributed by atoms with E-state index in [4.69, 9.17) is 19.0 Å². The van der Waals surface area contributed by atoms with Gasteiger partial charge in [0.15, 0.2) is 5.60 Å². The van der Waals surface area contributed by atoms with Crippen molar-refractivity contribution in [3.05, 3.63) is 47.8 Å². The molecule has 9 heteroatoms. The molecule has 3 heterocycles. The standard InChI is InChI=1S/C32H42FN3O5/c1-4-38-27-17-24(18-28(39-5-2)31(27)25-8-10-26(33)11-9-25)20-35-21-32(22-35)19-29(34-41-32)36-15-13-23(14-16-36)7-12-30(37)40-6-3/h8-11,17-18,23H,4-7,12-16,19-22H2,1-3H3. The molecule has 0 N–H and O–H groups in total. The lowest BCUT2D eigenvalue weighted by Crippen LogP contribution is -2.61. The molecule has 0 unspecified atom stereocenters. The van der Waals surface area contributed by atoms with Crippen molar-refractivity contribution < 1.29 is 28.2 Å². The number of piperidine rings is 1. The van der Waals surface area contributed by atoms with Crippen molar-refractivity contribution in [1.29, 1.82) is 0 Å². The lowest BCUT2D eigenvalue weighted by molar-refractivity contribution is -0.143. The highest BCUT2D eigenvalue weighted by Crippen LogP contribution is 2.42. The number of hydrogen-bond acceptors (Lipinski definition) is 8. The average molecular weight is 568 g/mol. The monoisotopic (exact) mass is 567 g/mol. The molecule has 2 aromatic rings. The Hall–Kier alpha value is -3.33. The van der Waals surface area contributed by atoms with Crippen molar-refractivity contribution in [2.45, 2.75) is 65.0 Å². The maximum Gasteiger partial charge on any atom is 0.305 e. The first kappa shape index (κ1) is 29.2. The van der Waals surface area contributed by atoms with Crippen LogP contribution in [0.25, 0.3) is 11.1 Å². The summed E-state index contributed by atoms with van der Waals surface area (Å²) < 4.78 is 30.7. The van der Waals surface area contributed by atoms with Gasteiger partial charge in [-0.1, -0.05) is 17.3 Å². The van der Waals surface area contributed by atoms with E-state index in [1.54, 1.807) is 12.1 Å². The Morgan fingerprint density at radius 2 is 1.68 bits per heavy atom. The summed E-state index contributed by atoms with van der Waals surface area (Å²) in [6.45, 7) is 11.5. The normalized spacial score (nSPS) is 18.5. The largest absolute Gasteiger partial charge is 0.493 e. The molecule has 222 valence electrons. The average Bonchev–Trinajstić information content (AvgIpc) is 3.39. The van der Waals surface area contributed by atoms with Crippen LogP contribution in [0.15, 0.2) is 41.6 Å². The molecule has 0 amide bonds. The zero-order chi connectivity index (χ0) is 28.8. The second-order valence-corrected chi connectivity index (χ2v) is 11.2. The number of carbonyl (C=O) groups excluding carboxylic acids is 1. The molecular formula is C32H42FN3O5. The number of rotatable bonds is 11. The molecule has 8 nitrogen and oxygen atoms in total. The highest BCUT2D eigenvalue weighted by atomic mass is 19.1. The fraction of sp³-hybridized carbons (Fsp3) is 0.562. The minimum absolute atomic E-state index is 0.0907. The highest BCUT2D eigenvalue weighted by molar-refractivity contribution is 5.84. The van der Waals surface area contributed by atoms with Crippen LogP contribution in [0.4, 0.5) is 4.39 Å². The number of ether oxygens (including phenoxy) is 3. The molecule has 2 aromatic carbocycles. The molecule has 0 saturated carbocycles. The quantitative estimate of drug-likeness (QED) is 0.326. The van der Waals surface area contributed by atoms with Gasteiger partial charge in [-0.25, -0.2) is 4.39 Å². The van der Waals surface area contributed by atoms with Gasteiger partial charge < -0.3 is 23.9 Å². The number of halogens is 1. The van der Waals surface area contributed by atoms with Crippen LogP contribution in [0.2, 0.25) is 0 Å². The van der Waals surface area contributed by atoms with Crippen molar-refractivity contribution in [3.8, 4) is 22.6 Å². The topological polar surface area (TPSA) is 72.8 Å². The molecular weight excluding hydrogens is 525 g/mol. The highest BCUT2D eigenvalue weighted by Gasteiger charge is 2.50. The Balaban J connectivity index is 1.16. The second-order valence-electron chi connectivity index (χ2n) is 11.2. The summed E-state index contributed by atoms with van der Waals surface area (Å²) >= 11 is 0. The zero-order valence-electron chi connectivity index (χ0n) is 24.5. The SMILES string of the molecule is CCOC(=O)CCC1CCN(C2=NOC3(C2)CN(Cc2cc(OCC)c(-c4ccc(F)cc4)c(OCC)c2)C3)CC1. The minimum atomic E-state index is -0.273. The summed E-state index contributed by atoms with van der Waals surface area (Å²) in [7, 11) is 0. The number of carbonyl (C=O) groups is 1. The summed E-state index contributed by atoms with van der Waals surface area (Å²) in [6.07, 6.45) is 4.37. The third-order valence-corrected chi connectivity index (χ3v) is 8.15. The third-order valence-electron chi connectivity index (χ3n) is 8.15. The van der Waals surface area contributed by atoms with Crippen LogP contribution in [-0.2, 0) is 20.9 Å². The number of benzene rings is 2. The van der Waals surface area contributed by atoms with Crippen LogP contribution in [0.5, 0.6) is 11.5 Å². The Bertz CT molecular complexity index is 1190. The van der Waals surface area contributed by atoms with Gasteiger partial charge in [0, 0.05) is 39.1 Å². The predicted octanol–water partition coefficient (Wildman–Crippen LogP) is 5.63. The molecule has 0 aliphatic carbocycles. The van der Waals surface area contributed by atoms with Crippen LogP contribution in [-0.4, -0.2) is 73.2 Å². The van der Waals surface area contributed by atoms with Crippen molar-refractivity contribution >= 4 is 11.8 Å². The number of esters is 1. The zero-order valence-corrected chi connectivity index (χ0v) is 24.5.